The van der Waals surface area contributed by atoms with Gasteiger partial charge in [0.05, 0.1) is 0 Å². The predicted molar refractivity (Wildman–Crippen MR) is 92.6 cm³/mol. The Hall–Kier alpha value is -1.59. The van der Waals surface area contributed by atoms with Crippen molar-refractivity contribution in [2.45, 2.75) is 69.7 Å². The number of amides is 4. The van der Waals surface area contributed by atoms with Crippen LogP contribution in [0, 0.1) is 17.8 Å². The Labute approximate surface area is 149 Å². The van der Waals surface area contributed by atoms with E-state index in [1.807, 2.05) is 0 Å². The number of carbonyl (C=O) groups excluding carboxylic acids is 3. The van der Waals surface area contributed by atoms with Crippen LogP contribution in [0.3, 0.4) is 0 Å². The highest BCUT2D eigenvalue weighted by Crippen LogP contribution is 2.49. The standard InChI is InChI=1S/C19H29N3O3/c23-16(12-15-11-13-4-5-14(15)10-13)20-8-3-9-22-17(24)19(21-18(22)25)6-1-2-7-19/h13-15H,1-12H2,(H,20,23)(H,21,25). The highest BCUT2D eigenvalue weighted by molar-refractivity contribution is 6.07. The largest absolute Gasteiger partial charge is 0.356 e. The quantitative estimate of drug-likeness (QED) is 0.571. The maximum absolute atomic E-state index is 12.5. The van der Waals surface area contributed by atoms with Crippen LogP contribution >= 0.6 is 0 Å². The summed E-state index contributed by atoms with van der Waals surface area (Å²) in [5, 5.41) is 5.87. The number of rotatable bonds is 6. The van der Waals surface area contributed by atoms with Crippen molar-refractivity contribution in [1.29, 1.82) is 0 Å². The second-order valence-corrected chi connectivity index (χ2v) is 8.52. The number of nitrogens with zero attached hydrogens (tertiary/aromatic N) is 1. The molecule has 138 valence electrons. The van der Waals surface area contributed by atoms with E-state index in [0.29, 0.717) is 31.8 Å². The molecule has 2 N–H and O–H groups in total. The van der Waals surface area contributed by atoms with Crippen LogP contribution in [-0.2, 0) is 9.59 Å². The molecule has 3 saturated carbocycles. The fourth-order valence-electron chi connectivity index (χ4n) is 5.60. The van der Waals surface area contributed by atoms with Gasteiger partial charge in [-0.15, -0.1) is 0 Å². The van der Waals surface area contributed by atoms with Crippen molar-refractivity contribution in [2.75, 3.05) is 13.1 Å². The Kier molecular flexibility index (Phi) is 4.46. The van der Waals surface area contributed by atoms with E-state index < -0.39 is 5.54 Å². The van der Waals surface area contributed by atoms with Gasteiger partial charge < -0.3 is 10.6 Å². The number of imide groups is 1. The van der Waals surface area contributed by atoms with E-state index in [4.69, 9.17) is 0 Å². The molecule has 25 heavy (non-hydrogen) atoms. The number of carbonyl (C=O) groups is 3. The van der Waals surface area contributed by atoms with Crippen molar-refractivity contribution in [3.63, 3.8) is 0 Å². The minimum atomic E-state index is -0.623. The first kappa shape index (κ1) is 16.9. The predicted octanol–water partition coefficient (Wildman–Crippen LogP) is 2.18. The zero-order chi connectivity index (χ0) is 17.4. The molecule has 0 aromatic heterocycles. The molecule has 0 aromatic rings. The molecule has 3 aliphatic carbocycles. The second-order valence-electron chi connectivity index (χ2n) is 8.52. The normalized spacial score (nSPS) is 32.6. The molecule has 1 aliphatic heterocycles. The van der Waals surface area contributed by atoms with Crippen molar-refractivity contribution in [3.05, 3.63) is 0 Å². The van der Waals surface area contributed by atoms with Gasteiger partial charge in [0, 0.05) is 19.5 Å². The van der Waals surface area contributed by atoms with Crippen LogP contribution in [0.5, 0.6) is 0 Å². The third-order valence-electron chi connectivity index (χ3n) is 6.92. The zero-order valence-electron chi connectivity index (χ0n) is 14.9. The van der Waals surface area contributed by atoms with E-state index in [1.54, 1.807) is 0 Å². The summed E-state index contributed by atoms with van der Waals surface area (Å²) in [5.41, 5.74) is -0.623. The third-order valence-corrected chi connectivity index (χ3v) is 6.92. The van der Waals surface area contributed by atoms with E-state index in [-0.39, 0.29) is 17.8 Å². The highest BCUT2D eigenvalue weighted by atomic mass is 16.2. The molecular formula is C19H29N3O3. The van der Waals surface area contributed by atoms with E-state index in [1.165, 1.54) is 30.6 Å². The zero-order valence-corrected chi connectivity index (χ0v) is 14.9. The Morgan fingerprint density at radius 2 is 2.00 bits per heavy atom. The minimum absolute atomic E-state index is 0.0664. The molecule has 2 bridgehead atoms. The lowest BCUT2D eigenvalue weighted by molar-refractivity contribution is -0.131. The second kappa shape index (κ2) is 6.61. The molecule has 4 rings (SSSR count). The van der Waals surface area contributed by atoms with Crippen molar-refractivity contribution in [3.8, 4) is 0 Å². The number of hydrogen-bond acceptors (Lipinski definition) is 3. The number of fused-ring (bicyclic) bond motifs is 2. The molecule has 0 radical (unpaired) electrons. The van der Waals surface area contributed by atoms with Gasteiger partial charge in [0.25, 0.3) is 5.91 Å². The topological polar surface area (TPSA) is 78.5 Å². The van der Waals surface area contributed by atoms with Crippen LogP contribution in [0.25, 0.3) is 0 Å². The van der Waals surface area contributed by atoms with Gasteiger partial charge in [-0.2, -0.15) is 0 Å². The molecule has 4 amide bonds. The van der Waals surface area contributed by atoms with Gasteiger partial charge in [-0.1, -0.05) is 19.3 Å². The van der Waals surface area contributed by atoms with Crippen LogP contribution < -0.4 is 10.6 Å². The first-order chi connectivity index (χ1) is 12.1. The summed E-state index contributed by atoms with van der Waals surface area (Å²) in [5.74, 6) is 2.27. The summed E-state index contributed by atoms with van der Waals surface area (Å²) in [6.07, 6.45) is 9.99. The van der Waals surface area contributed by atoms with E-state index in [0.717, 1.165) is 37.5 Å². The fourth-order valence-corrected chi connectivity index (χ4v) is 5.60. The smallest absolute Gasteiger partial charge is 0.325 e. The Bertz CT molecular complexity index is 570. The molecule has 0 aromatic carbocycles. The van der Waals surface area contributed by atoms with Gasteiger partial charge in [0.15, 0.2) is 0 Å². The lowest BCUT2D eigenvalue weighted by atomic mass is 9.86. The number of hydrogen-bond donors (Lipinski definition) is 2. The summed E-state index contributed by atoms with van der Waals surface area (Å²) in [4.78, 5) is 38.1. The Balaban J connectivity index is 1.17. The monoisotopic (exact) mass is 347 g/mol. The van der Waals surface area contributed by atoms with E-state index in [9.17, 15) is 14.4 Å². The minimum Gasteiger partial charge on any atom is -0.356 e. The van der Waals surface area contributed by atoms with Crippen LogP contribution in [0.4, 0.5) is 4.79 Å². The van der Waals surface area contributed by atoms with Gasteiger partial charge in [-0.05, 0) is 56.3 Å². The van der Waals surface area contributed by atoms with Gasteiger partial charge in [0.2, 0.25) is 5.91 Å². The van der Waals surface area contributed by atoms with Crippen LogP contribution in [-0.4, -0.2) is 41.4 Å². The van der Waals surface area contributed by atoms with Gasteiger partial charge >= 0.3 is 6.03 Å². The number of urea groups is 1. The van der Waals surface area contributed by atoms with Crippen LogP contribution in [0.15, 0.2) is 0 Å². The third kappa shape index (κ3) is 3.15. The van der Waals surface area contributed by atoms with Crippen molar-refractivity contribution < 1.29 is 14.4 Å². The molecule has 4 fully saturated rings. The Morgan fingerprint density at radius 3 is 2.68 bits per heavy atom. The average Bonchev–Trinajstić information content (AvgIpc) is 3.34. The molecule has 4 aliphatic rings. The molecular weight excluding hydrogens is 318 g/mol. The summed E-state index contributed by atoms with van der Waals surface area (Å²) >= 11 is 0. The lowest BCUT2D eigenvalue weighted by Crippen LogP contribution is -2.44. The van der Waals surface area contributed by atoms with Crippen molar-refractivity contribution in [2.24, 2.45) is 17.8 Å². The van der Waals surface area contributed by atoms with E-state index >= 15 is 0 Å². The van der Waals surface area contributed by atoms with Crippen molar-refractivity contribution in [1.82, 2.24) is 15.5 Å². The number of nitrogens with one attached hydrogen (secondary N) is 2. The van der Waals surface area contributed by atoms with Crippen molar-refractivity contribution >= 4 is 17.8 Å². The molecule has 1 spiro atoms. The first-order valence-corrected chi connectivity index (χ1v) is 9.98. The summed E-state index contributed by atoms with van der Waals surface area (Å²) in [7, 11) is 0. The van der Waals surface area contributed by atoms with E-state index in [2.05, 4.69) is 10.6 Å². The van der Waals surface area contributed by atoms with Gasteiger partial charge in [-0.3, -0.25) is 14.5 Å². The summed E-state index contributed by atoms with van der Waals surface area (Å²) in [6.45, 7) is 0.921. The summed E-state index contributed by atoms with van der Waals surface area (Å²) < 4.78 is 0. The Morgan fingerprint density at radius 1 is 1.20 bits per heavy atom. The molecule has 1 heterocycles. The molecule has 6 heteroatoms. The fraction of sp³-hybridized carbons (Fsp3) is 0.842. The maximum atomic E-state index is 12.5. The average molecular weight is 347 g/mol. The first-order valence-electron chi connectivity index (χ1n) is 9.98. The molecule has 3 atom stereocenters. The maximum Gasteiger partial charge on any atom is 0.325 e. The summed E-state index contributed by atoms with van der Waals surface area (Å²) in [6, 6.07) is -0.264. The van der Waals surface area contributed by atoms with Crippen LogP contribution in [0.1, 0.15) is 64.2 Å². The van der Waals surface area contributed by atoms with Crippen LogP contribution in [0.2, 0.25) is 0 Å². The van der Waals surface area contributed by atoms with Gasteiger partial charge in [-0.25, -0.2) is 4.79 Å². The molecule has 3 unspecified atom stereocenters. The SMILES string of the molecule is O=C(CC1CC2CCC1C2)NCCCN1C(=O)NC2(CCCC2)C1=O. The molecule has 1 saturated heterocycles. The molecule has 6 nitrogen and oxygen atoms in total. The lowest BCUT2D eigenvalue weighted by Gasteiger charge is -2.21. The highest BCUT2D eigenvalue weighted by Gasteiger charge is 2.52. The van der Waals surface area contributed by atoms with Gasteiger partial charge in [0.1, 0.15) is 5.54 Å².